The first-order valence-corrected chi connectivity index (χ1v) is 11.5. The molecule has 3 saturated carbocycles. The Labute approximate surface area is 187 Å². The van der Waals surface area contributed by atoms with E-state index in [2.05, 4.69) is 20.2 Å². The Bertz CT molecular complexity index is 1040. The summed E-state index contributed by atoms with van der Waals surface area (Å²) in [5, 5.41) is 3.18. The zero-order chi connectivity index (χ0) is 21.7. The van der Waals surface area contributed by atoms with Crippen molar-refractivity contribution in [2.24, 2.45) is 17.8 Å². The molecule has 2 amide bonds. The quantitative estimate of drug-likeness (QED) is 0.780. The molecular weight excluding hydrogens is 406 g/mol. The van der Waals surface area contributed by atoms with Gasteiger partial charge in [0, 0.05) is 56.8 Å². The van der Waals surface area contributed by atoms with Gasteiger partial charge in [0.05, 0.1) is 5.56 Å². The van der Waals surface area contributed by atoms with Gasteiger partial charge in [0.2, 0.25) is 11.9 Å². The first-order chi connectivity index (χ1) is 15.6. The zero-order valence-corrected chi connectivity index (χ0v) is 17.9. The largest absolute Gasteiger partial charge is 0.467 e. The first-order valence-electron chi connectivity index (χ1n) is 11.5. The number of piperazine rings is 1. The molecule has 3 heterocycles. The number of benzene rings is 1. The predicted molar refractivity (Wildman–Crippen MR) is 117 cm³/mol. The number of carbonyl (C=O) groups is 2. The molecule has 8 heteroatoms. The third kappa shape index (κ3) is 3.12. The number of nitrogens with zero attached hydrogens (tertiary/aromatic N) is 4. The van der Waals surface area contributed by atoms with Crippen LogP contribution in [0.15, 0.2) is 42.7 Å². The fourth-order valence-electron chi connectivity index (χ4n) is 6.08. The number of rotatable bonds is 2. The van der Waals surface area contributed by atoms with E-state index >= 15 is 0 Å². The normalized spacial score (nSPS) is 31.1. The third-order valence-corrected chi connectivity index (χ3v) is 7.71. The average Bonchev–Trinajstić information content (AvgIpc) is 2.84. The van der Waals surface area contributed by atoms with Crippen molar-refractivity contribution in [2.75, 3.05) is 31.1 Å². The number of hydrogen-bond acceptors (Lipinski definition) is 6. The number of carbonyl (C=O) groups excluding carboxylic acids is 2. The lowest BCUT2D eigenvalue weighted by atomic mass is 9.59. The van der Waals surface area contributed by atoms with Gasteiger partial charge in [-0.2, -0.15) is 0 Å². The molecule has 8 nitrogen and oxygen atoms in total. The molecule has 5 aliphatic rings. The van der Waals surface area contributed by atoms with Gasteiger partial charge in [-0.15, -0.1) is 0 Å². The maximum atomic E-state index is 13.5. The number of anilines is 1. The molecule has 4 atom stereocenters. The summed E-state index contributed by atoms with van der Waals surface area (Å²) in [5.74, 6) is 1.96. The fourth-order valence-corrected chi connectivity index (χ4v) is 6.08. The van der Waals surface area contributed by atoms with Gasteiger partial charge in [0.1, 0.15) is 5.75 Å². The standard InChI is InChI=1S/C24H27N5O3/c30-21-18-4-1-2-5-20(18)32-24(27-21)15-16-6-7-17(24)14-19(16)22(31)28-10-12-29(13-11-28)23-25-8-3-9-26-23/h1-5,8-9,16-17,19H,6-7,10-15H2,(H,27,30)/t16-,17+,19+,24-/m1/s1. The maximum Gasteiger partial charge on any atom is 0.258 e. The van der Waals surface area contributed by atoms with E-state index in [0.29, 0.717) is 30.8 Å². The van der Waals surface area contributed by atoms with Crippen LogP contribution in [0.1, 0.15) is 36.0 Å². The van der Waals surface area contributed by atoms with Gasteiger partial charge in [-0.1, -0.05) is 12.1 Å². The van der Waals surface area contributed by atoms with Crippen molar-refractivity contribution in [2.45, 2.75) is 31.4 Å². The fraction of sp³-hybridized carbons (Fsp3) is 0.500. The molecule has 32 heavy (non-hydrogen) atoms. The molecule has 0 radical (unpaired) electrons. The molecule has 1 saturated heterocycles. The van der Waals surface area contributed by atoms with Gasteiger partial charge in [-0.3, -0.25) is 9.59 Å². The van der Waals surface area contributed by atoms with Crippen LogP contribution in [-0.4, -0.2) is 58.6 Å². The number of hydrogen-bond donors (Lipinski definition) is 1. The van der Waals surface area contributed by atoms with Crippen LogP contribution in [-0.2, 0) is 4.79 Å². The number of amides is 2. The Balaban J connectivity index is 1.14. The van der Waals surface area contributed by atoms with Crippen LogP contribution >= 0.6 is 0 Å². The van der Waals surface area contributed by atoms with Crippen LogP contribution in [0.25, 0.3) is 0 Å². The Morgan fingerprint density at radius 2 is 1.84 bits per heavy atom. The van der Waals surface area contributed by atoms with Crippen LogP contribution in [0.2, 0.25) is 0 Å². The maximum absolute atomic E-state index is 13.5. The molecule has 1 spiro atoms. The van der Waals surface area contributed by atoms with Crippen LogP contribution in [0.4, 0.5) is 5.95 Å². The molecule has 1 aromatic carbocycles. The highest BCUT2D eigenvalue weighted by atomic mass is 16.5. The Kier molecular flexibility index (Phi) is 4.55. The van der Waals surface area contributed by atoms with Crippen molar-refractivity contribution >= 4 is 17.8 Å². The minimum Gasteiger partial charge on any atom is -0.467 e. The number of nitrogens with one attached hydrogen (secondary N) is 1. The Hall–Kier alpha value is -3.16. The number of aromatic nitrogens is 2. The van der Waals surface area contributed by atoms with E-state index < -0.39 is 5.72 Å². The molecule has 7 rings (SSSR count). The predicted octanol–water partition coefficient (Wildman–Crippen LogP) is 2.08. The lowest BCUT2D eigenvalue weighted by molar-refractivity contribution is -0.155. The van der Waals surface area contributed by atoms with Crippen LogP contribution in [0.5, 0.6) is 5.75 Å². The smallest absolute Gasteiger partial charge is 0.258 e. The number of fused-ring (bicyclic) bond motifs is 3. The van der Waals surface area contributed by atoms with E-state index in [1.165, 1.54) is 0 Å². The summed E-state index contributed by atoms with van der Waals surface area (Å²) < 4.78 is 6.42. The molecule has 2 bridgehead atoms. The van der Waals surface area contributed by atoms with Crippen molar-refractivity contribution in [3.63, 3.8) is 0 Å². The van der Waals surface area contributed by atoms with E-state index in [1.807, 2.05) is 29.2 Å². The summed E-state index contributed by atoms with van der Waals surface area (Å²) >= 11 is 0. The Morgan fingerprint density at radius 3 is 2.59 bits per heavy atom. The highest BCUT2D eigenvalue weighted by Gasteiger charge is 2.57. The summed E-state index contributed by atoms with van der Waals surface area (Å²) in [4.78, 5) is 39.0. The molecular formula is C24H27N5O3. The topological polar surface area (TPSA) is 87.7 Å². The van der Waals surface area contributed by atoms with Gasteiger partial charge in [-0.05, 0) is 43.4 Å². The van der Waals surface area contributed by atoms with Gasteiger partial charge in [-0.25, -0.2) is 9.97 Å². The second-order valence-electron chi connectivity index (χ2n) is 9.38. The van der Waals surface area contributed by atoms with Crippen molar-refractivity contribution < 1.29 is 14.3 Å². The summed E-state index contributed by atoms with van der Waals surface area (Å²) in [6, 6.07) is 9.23. The summed E-state index contributed by atoms with van der Waals surface area (Å²) in [6.45, 7) is 2.88. The van der Waals surface area contributed by atoms with Crippen molar-refractivity contribution in [1.29, 1.82) is 0 Å². The van der Waals surface area contributed by atoms with Crippen LogP contribution < -0.4 is 15.0 Å². The summed E-state index contributed by atoms with van der Waals surface area (Å²) in [5.41, 5.74) is -0.0819. The SMILES string of the molecule is O=C1N[C@]2(C[C@H]3CC[C@H]2C[C@@H]3C(=O)N2CCN(c3ncccn3)CC2)Oc2ccccc21. The van der Waals surface area contributed by atoms with Crippen molar-refractivity contribution in [1.82, 2.24) is 20.2 Å². The van der Waals surface area contributed by atoms with Crippen LogP contribution in [0.3, 0.4) is 0 Å². The first kappa shape index (κ1) is 19.5. The minimum absolute atomic E-state index is 0.0107. The molecule has 3 aliphatic carbocycles. The van der Waals surface area contributed by atoms with Crippen molar-refractivity contribution in [3.8, 4) is 5.75 Å². The average molecular weight is 434 g/mol. The lowest BCUT2D eigenvalue weighted by Gasteiger charge is -2.55. The highest BCUT2D eigenvalue weighted by molar-refractivity contribution is 5.98. The molecule has 0 unspecified atom stereocenters. The second kappa shape index (κ2) is 7.46. The molecule has 1 N–H and O–H groups in total. The van der Waals surface area contributed by atoms with Gasteiger partial charge in [0.15, 0.2) is 5.72 Å². The lowest BCUT2D eigenvalue weighted by Crippen LogP contribution is -2.67. The van der Waals surface area contributed by atoms with Gasteiger partial charge >= 0.3 is 0 Å². The molecule has 166 valence electrons. The van der Waals surface area contributed by atoms with E-state index in [1.54, 1.807) is 18.5 Å². The van der Waals surface area contributed by atoms with E-state index in [9.17, 15) is 9.59 Å². The summed E-state index contributed by atoms with van der Waals surface area (Å²) in [7, 11) is 0. The number of para-hydroxylation sites is 1. The second-order valence-corrected chi connectivity index (χ2v) is 9.38. The summed E-state index contributed by atoms with van der Waals surface area (Å²) in [6.07, 6.45) is 6.97. The van der Waals surface area contributed by atoms with Crippen LogP contribution in [0, 0.1) is 17.8 Å². The van der Waals surface area contributed by atoms with E-state index in [4.69, 9.17) is 4.74 Å². The molecule has 1 aromatic heterocycles. The molecule has 4 fully saturated rings. The van der Waals surface area contributed by atoms with Crippen molar-refractivity contribution in [3.05, 3.63) is 48.3 Å². The van der Waals surface area contributed by atoms with E-state index in [-0.39, 0.29) is 29.6 Å². The Morgan fingerprint density at radius 1 is 1.06 bits per heavy atom. The van der Waals surface area contributed by atoms with E-state index in [0.717, 1.165) is 38.3 Å². The zero-order valence-electron chi connectivity index (χ0n) is 17.9. The monoisotopic (exact) mass is 433 g/mol. The third-order valence-electron chi connectivity index (χ3n) is 7.71. The molecule has 2 aliphatic heterocycles. The van der Waals surface area contributed by atoms with Gasteiger partial charge < -0.3 is 19.9 Å². The number of ether oxygens (including phenoxy) is 1. The van der Waals surface area contributed by atoms with Gasteiger partial charge in [0.25, 0.3) is 5.91 Å². The minimum atomic E-state index is -0.672. The highest BCUT2D eigenvalue weighted by Crippen LogP contribution is 2.52. The molecule has 2 aromatic rings.